The molecule has 4 aromatic rings. The number of benzene rings is 2. The molecule has 1 aliphatic rings. The number of esters is 1. The Morgan fingerprint density at radius 1 is 0.975 bits per heavy atom. The molecular formula is C28H31N5O6S. The molecule has 0 saturated carbocycles. The number of aromatic nitrogens is 3. The van der Waals surface area contributed by atoms with Crippen molar-refractivity contribution in [3.8, 4) is 11.3 Å². The number of piperazine rings is 1. The standard InChI is InChI=1S/C28H31N5O6S/c1-30-27(35)26-24(33(28(30)36)13-12-25(34)39-2)18-23(29-26)21-8-10-22(11-9-21)40(37,38)32-16-14-31(15-17-32)19-20-6-4-3-5-7-20/h3-11,18,29H,12-17,19H2,1-2H3. The number of nitrogens with zero attached hydrogens (tertiary/aromatic N) is 4. The number of hydrogen-bond donors (Lipinski definition) is 1. The number of aromatic amines is 1. The van der Waals surface area contributed by atoms with Gasteiger partial charge in [0.2, 0.25) is 10.0 Å². The molecule has 1 fully saturated rings. The SMILES string of the molecule is COC(=O)CCn1c(=O)n(C)c(=O)c2[nH]c(-c3ccc(S(=O)(=O)N4CCN(Cc5ccccc5)CC4)cc3)cc21. The molecule has 210 valence electrons. The fourth-order valence-corrected chi connectivity index (χ4v) is 6.38. The third-order valence-electron chi connectivity index (χ3n) is 7.27. The molecule has 3 heterocycles. The van der Waals surface area contributed by atoms with Crippen LogP contribution in [0.2, 0.25) is 0 Å². The van der Waals surface area contributed by atoms with Gasteiger partial charge in [0.15, 0.2) is 0 Å². The minimum atomic E-state index is -3.67. The lowest BCUT2D eigenvalue weighted by molar-refractivity contribution is -0.140. The molecule has 12 heteroatoms. The molecule has 2 aromatic carbocycles. The summed E-state index contributed by atoms with van der Waals surface area (Å²) in [6.45, 7) is 2.94. The zero-order valence-corrected chi connectivity index (χ0v) is 23.2. The summed E-state index contributed by atoms with van der Waals surface area (Å²) in [7, 11) is -1.03. The number of fused-ring (bicyclic) bond motifs is 1. The molecule has 0 unspecified atom stereocenters. The van der Waals surface area contributed by atoms with Gasteiger partial charge < -0.3 is 9.72 Å². The van der Waals surface area contributed by atoms with Gasteiger partial charge in [0, 0.05) is 52.0 Å². The fourth-order valence-electron chi connectivity index (χ4n) is 4.96. The Labute approximate surface area is 231 Å². The molecule has 1 N–H and O–H groups in total. The van der Waals surface area contributed by atoms with Gasteiger partial charge in [-0.25, -0.2) is 13.2 Å². The van der Waals surface area contributed by atoms with Crippen molar-refractivity contribution >= 4 is 27.0 Å². The largest absolute Gasteiger partial charge is 0.469 e. The van der Waals surface area contributed by atoms with Crippen molar-refractivity contribution in [3.63, 3.8) is 0 Å². The monoisotopic (exact) mass is 565 g/mol. The first-order valence-corrected chi connectivity index (χ1v) is 14.4. The summed E-state index contributed by atoms with van der Waals surface area (Å²) in [5.41, 5.74) is 1.93. The smallest absolute Gasteiger partial charge is 0.331 e. The number of rotatable bonds is 8. The number of hydrogen-bond acceptors (Lipinski definition) is 7. The lowest BCUT2D eigenvalue weighted by Crippen LogP contribution is -2.48. The lowest BCUT2D eigenvalue weighted by Gasteiger charge is -2.34. The van der Waals surface area contributed by atoms with Crippen LogP contribution in [0.3, 0.4) is 0 Å². The number of nitrogens with one attached hydrogen (secondary N) is 1. The number of H-pyrrole nitrogens is 1. The molecule has 1 aliphatic heterocycles. The Balaban J connectivity index is 1.35. The summed E-state index contributed by atoms with van der Waals surface area (Å²) in [5.74, 6) is -0.473. The van der Waals surface area contributed by atoms with Gasteiger partial charge in [0.05, 0.1) is 23.9 Å². The maximum Gasteiger partial charge on any atom is 0.331 e. The van der Waals surface area contributed by atoms with Crippen LogP contribution in [-0.4, -0.2) is 71.0 Å². The molecule has 5 rings (SSSR count). The second-order valence-electron chi connectivity index (χ2n) is 9.76. The number of aryl methyl sites for hydroxylation is 1. The highest BCUT2D eigenvalue weighted by Crippen LogP contribution is 2.25. The highest BCUT2D eigenvalue weighted by atomic mass is 32.2. The Kier molecular flexibility index (Phi) is 7.74. The van der Waals surface area contributed by atoms with Gasteiger partial charge in [-0.05, 0) is 29.3 Å². The van der Waals surface area contributed by atoms with Crippen LogP contribution in [-0.2, 0) is 39.7 Å². The average molecular weight is 566 g/mol. The van der Waals surface area contributed by atoms with Crippen molar-refractivity contribution in [2.24, 2.45) is 7.05 Å². The number of methoxy groups -OCH3 is 1. The van der Waals surface area contributed by atoms with Crippen molar-refractivity contribution < 1.29 is 17.9 Å². The normalized spacial score (nSPS) is 14.9. The first-order chi connectivity index (χ1) is 19.2. The van der Waals surface area contributed by atoms with Crippen LogP contribution in [0.4, 0.5) is 0 Å². The van der Waals surface area contributed by atoms with E-state index in [0.717, 1.165) is 11.1 Å². The highest BCUT2D eigenvalue weighted by molar-refractivity contribution is 7.89. The van der Waals surface area contributed by atoms with E-state index < -0.39 is 27.2 Å². The van der Waals surface area contributed by atoms with Crippen LogP contribution in [0.15, 0.2) is 75.1 Å². The fraction of sp³-hybridized carbons (Fsp3) is 0.321. The van der Waals surface area contributed by atoms with Gasteiger partial charge in [0.25, 0.3) is 5.56 Å². The van der Waals surface area contributed by atoms with Crippen molar-refractivity contribution in [3.05, 3.63) is 87.1 Å². The first-order valence-electron chi connectivity index (χ1n) is 13.0. The zero-order chi connectivity index (χ0) is 28.4. The van der Waals surface area contributed by atoms with Gasteiger partial charge >= 0.3 is 11.7 Å². The lowest BCUT2D eigenvalue weighted by atomic mass is 10.1. The Morgan fingerprint density at radius 2 is 1.65 bits per heavy atom. The minimum Gasteiger partial charge on any atom is -0.469 e. The maximum atomic E-state index is 13.3. The van der Waals surface area contributed by atoms with Crippen molar-refractivity contribution in [2.45, 2.75) is 24.4 Å². The second-order valence-corrected chi connectivity index (χ2v) is 11.7. The first kappa shape index (κ1) is 27.6. The molecule has 0 radical (unpaired) electrons. The van der Waals surface area contributed by atoms with Crippen molar-refractivity contribution in [1.29, 1.82) is 0 Å². The topological polar surface area (TPSA) is 127 Å². The summed E-state index contributed by atoms with van der Waals surface area (Å²) in [6.07, 6.45) is -0.0305. The second kappa shape index (κ2) is 11.2. The van der Waals surface area contributed by atoms with E-state index in [0.29, 0.717) is 43.0 Å². The number of carbonyl (C=O) groups excluding carboxylic acids is 1. The summed E-state index contributed by atoms with van der Waals surface area (Å²) >= 11 is 0. The van der Waals surface area contributed by atoms with Gasteiger partial charge in [-0.15, -0.1) is 0 Å². The average Bonchev–Trinajstić information content (AvgIpc) is 3.42. The van der Waals surface area contributed by atoms with E-state index >= 15 is 0 Å². The van der Waals surface area contributed by atoms with Crippen LogP contribution < -0.4 is 11.2 Å². The van der Waals surface area contributed by atoms with E-state index in [1.54, 1.807) is 30.3 Å². The summed E-state index contributed by atoms with van der Waals surface area (Å²) in [4.78, 5) is 42.7. The van der Waals surface area contributed by atoms with E-state index in [4.69, 9.17) is 0 Å². The predicted molar refractivity (Wildman–Crippen MR) is 150 cm³/mol. The summed E-state index contributed by atoms with van der Waals surface area (Å²) in [5, 5.41) is 0. The molecule has 0 aliphatic carbocycles. The third-order valence-corrected chi connectivity index (χ3v) is 9.19. The molecule has 40 heavy (non-hydrogen) atoms. The van der Waals surface area contributed by atoms with Gasteiger partial charge in [-0.2, -0.15) is 4.31 Å². The molecule has 0 bridgehead atoms. The number of sulfonamides is 1. The quantitative estimate of drug-likeness (QED) is 0.323. The number of ether oxygens (including phenoxy) is 1. The molecule has 0 spiro atoms. The van der Waals surface area contributed by atoms with E-state index in [9.17, 15) is 22.8 Å². The third kappa shape index (κ3) is 5.37. The van der Waals surface area contributed by atoms with Gasteiger partial charge in [0.1, 0.15) is 5.52 Å². The minimum absolute atomic E-state index is 0.0305. The van der Waals surface area contributed by atoms with E-state index in [1.165, 1.54) is 28.6 Å². The molecular weight excluding hydrogens is 534 g/mol. The van der Waals surface area contributed by atoms with Crippen molar-refractivity contribution in [2.75, 3.05) is 33.3 Å². The summed E-state index contributed by atoms with van der Waals surface area (Å²) in [6, 6.07) is 18.2. The van der Waals surface area contributed by atoms with Crippen LogP contribution in [0.25, 0.3) is 22.3 Å². The van der Waals surface area contributed by atoms with Gasteiger partial charge in [-0.3, -0.25) is 23.6 Å². The number of carbonyl (C=O) groups is 1. The zero-order valence-electron chi connectivity index (χ0n) is 22.4. The Bertz CT molecular complexity index is 1750. The molecule has 1 saturated heterocycles. The summed E-state index contributed by atoms with van der Waals surface area (Å²) < 4.78 is 35.2. The van der Waals surface area contributed by atoms with Crippen molar-refractivity contribution in [1.82, 2.24) is 23.3 Å². The van der Waals surface area contributed by atoms with E-state index in [-0.39, 0.29) is 23.4 Å². The molecule has 11 nitrogen and oxygen atoms in total. The molecule has 2 aromatic heterocycles. The predicted octanol–water partition coefficient (Wildman–Crippen LogP) is 1.76. The maximum absolute atomic E-state index is 13.3. The Morgan fingerprint density at radius 3 is 2.30 bits per heavy atom. The van der Waals surface area contributed by atoms with Crippen LogP contribution >= 0.6 is 0 Å². The van der Waals surface area contributed by atoms with E-state index in [1.807, 2.05) is 18.2 Å². The Hall–Kier alpha value is -4.00. The van der Waals surface area contributed by atoms with Crippen LogP contribution in [0.5, 0.6) is 0 Å². The molecule has 0 atom stereocenters. The highest BCUT2D eigenvalue weighted by Gasteiger charge is 2.28. The van der Waals surface area contributed by atoms with Crippen LogP contribution in [0, 0.1) is 0 Å². The van der Waals surface area contributed by atoms with Crippen LogP contribution in [0.1, 0.15) is 12.0 Å². The molecule has 0 amide bonds. The van der Waals surface area contributed by atoms with E-state index in [2.05, 4.69) is 26.8 Å². The van der Waals surface area contributed by atoms with Gasteiger partial charge in [-0.1, -0.05) is 42.5 Å².